The lowest BCUT2D eigenvalue weighted by Gasteiger charge is -2.13. The lowest BCUT2D eigenvalue weighted by molar-refractivity contribution is 0.396. The maximum atomic E-state index is 5.13. The van der Waals surface area contributed by atoms with Crippen LogP contribution in [-0.4, -0.2) is 31.6 Å². The Morgan fingerprint density at radius 2 is 2.09 bits per heavy atom. The number of rotatable bonds is 7. The molecular weight excluding hydrogens is 403 g/mol. The summed E-state index contributed by atoms with van der Waals surface area (Å²) in [6, 6.07) is 5.77. The van der Waals surface area contributed by atoms with Crippen LogP contribution in [0.15, 0.2) is 23.2 Å². The number of halogens is 1. The largest absolute Gasteiger partial charge is 0.481 e. The number of ether oxygens (including phenoxy) is 1. The van der Waals surface area contributed by atoms with E-state index in [0.29, 0.717) is 12.4 Å². The number of pyridine rings is 1. The highest BCUT2D eigenvalue weighted by Gasteiger charge is 2.13. The van der Waals surface area contributed by atoms with Gasteiger partial charge in [-0.1, -0.05) is 31.7 Å². The van der Waals surface area contributed by atoms with Crippen molar-refractivity contribution in [3.63, 3.8) is 0 Å². The lowest BCUT2D eigenvalue weighted by Crippen LogP contribution is -2.37. The van der Waals surface area contributed by atoms with Crippen LogP contribution in [0, 0.1) is 5.92 Å². The fourth-order valence-corrected chi connectivity index (χ4v) is 2.96. The maximum Gasteiger partial charge on any atom is 0.213 e. The molecule has 0 spiro atoms. The van der Waals surface area contributed by atoms with Gasteiger partial charge in [-0.3, -0.25) is 4.99 Å². The molecule has 6 heteroatoms. The molecule has 0 amide bonds. The summed E-state index contributed by atoms with van der Waals surface area (Å²) in [5.41, 5.74) is 0.938. The molecule has 2 rings (SSSR count). The first-order chi connectivity index (χ1) is 10.8. The van der Waals surface area contributed by atoms with Crippen molar-refractivity contribution in [1.82, 2.24) is 15.6 Å². The Morgan fingerprint density at radius 1 is 1.30 bits per heavy atom. The van der Waals surface area contributed by atoms with E-state index in [2.05, 4.69) is 20.6 Å². The molecule has 1 fully saturated rings. The van der Waals surface area contributed by atoms with Gasteiger partial charge in [0.05, 0.1) is 19.3 Å². The predicted octanol–water partition coefficient (Wildman–Crippen LogP) is 3.34. The summed E-state index contributed by atoms with van der Waals surface area (Å²) in [5, 5.41) is 6.66. The first-order valence-electron chi connectivity index (χ1n) is 8.26. The zero-order valence-corrected chi connectivity index (χ0v) is 16.5. The molecule has 0 aromatic carbocycles. The van der Waals surface area contributed by atoms with Crippen molar-refractivity contribution in [2.45, 2.75) is 45.1 Å². The number of aliphatic imine (C=N–C) groups is 1. The summed E-state index contributed by atoms with van der Waals surface area (Å²) < 4.78 is 5.13. The first kappa shape index (κ1) is 20.0. The molecule has 0 unspecified atom stereocenters. The van der Waals surface area contributed by atoms with Crippen molar-refractivity contribution in [2.24, 2.45) is 10.9 Å². The van der Waals surface area contributed by atoms with Crippen LogP contribution in [0.5, 0.6) is 5.88 Å². The number of hydrogen-bond donors (Lipinski definition) is 2. The van der Waals surface area contributed by atoms with Gasteiger partial charge < -0.3 is 15.4 Å². The minimum atomic E-state index is 0. The molecule has 1 saturated carbocycles. The van der Waals surface area contributed by atoms with Crippen molar-refractivity contribution in [3.8, 4) is 5.88 Å². The average Bonchev–Trinajstić information content (AvgIpc) is 3.08. The summed E-state index contributed by atoms with van der Waals surface area (Å²) in [7, 11) is 3.43. The minimum absolute atomic E-state index is 0. The summed E-state index contributed by atoms with van der Waals surface area (Å²) in [6.07, 6.45) is 8.25. The van der Waals surface area contributed by atoms with Crippen LogP contribution < -0.4 is 15.4 Å². The van der Waals surface area contributed by atoms with Gasteiger partial charge in [-0.15, -0.1) is 24.0 Å². The van der Waals surface area contributed by atoms with E-state index in [0.717, 1.165) is 24.1 Å². The first-order valence-corrected chi connectivity index (χ1v) is 8.26. The molecule has 5 nitrogen and oxygen atoms in total. The standard InChI is InChI=1S/C17H28N4O.HI/c1-18-17(19-12-6-9-14-7-3-4-8-14)20-13-15-10-5-11-16(21-15)22-2;/h5,10-11,14H,3-4,6-9,12-13H2,1-2H3,(H2,18,19,20);1H. The summed E-state index contributed by atoms with van der Waals surface area (Å²) >= 11 is 0. The van der Waals surface area contributed by atoms with Crippen LogP contribution >= 0.6 is 24.0 Å². The molecule has 2 N–H and O–H groups in total. The molecule has 1 aromatic rings. The summed E-state index contributed by atoms with van der Waals surface area (Å²) in [4.78, 5) is 8.63. The van der Waals surface area contributed by atoms with Gasteiger partial charge in [0.1, 0.15) is 0 Å². The van der Waals surface area contributed by atoms with E-state index in [1.807, 2.05) is 18.2 Å². The van der Waals surface area contributed by atoms with Gasteiger partial charge >= 0.3 is 0 Å². The molecule has 0 saturated heterocycles. The normalized spacial score (nSPS) is 15.1. The zero-order valence-electron chi connectivity index (χ0n) is 14.2. The number of nitrogens with zero attached hydrogens (tertiary/aromatic N) is 2. The second-order valence-electron chi connectivity index (χ2n) is 5.82. The number of aromatic nitrogens is 1. The smallest absolute Gasteiger partial charge is 0.213 e. The van der Waals surface area contributed by atoms with Gasteiger partial charge in [-0.25, -0.2) is 4.98 Å². The topological polar surface area (TPSA) is 58.5 Å². The van der Waals surface area contributed by atoms with E-state index in [-0.39, 0.29) is 24.0 Å². The quantitative estimate of drug-likeness (QED) is 0.300. The van der Waals surface area contributed by atoms with Crippen molar-refractivity contribution in [2.75, 3.05) is 20.7 Å². The molecule has 1 aromatic heterocycles. The van der Waals surface area contributed by atoms with Crippen LogP contribution in [0.25, 0.3) is 0 Å². The Morgan fingerprint density at radius 3 is 2.78 bits per heavy atom. The van der Waals surface area contributed by atoms with E-state index in [9.17, 15) is 0 Å². The van der Waals surface area contributed by atoms with Crippen LogP contribution in [-0.2, 0) is 6.54 Å². The maximum absolute atomic E-state index is 5.13. The monoisotopic (exact) mass is 432 g/mol. The van der Waals surface area contributed by atoms with E-state index < -0.39 is 0 Å². The number of methoxy groups -OCH3 is 1. The van der Waals surface area contributed by atoms with Gasteiger partial charge in [-0.2, -0.15) is 0 Å². The van der Waals surface area contributed by atoms with Crippen LogP contribution in [0.3, 0.4) is 0 Å². The highest BCUT2D eigenvalue weighted by molar-refractivity contribution is 14.0. The Labute approximate surface area is 156 Å². The Kier molecular flexibility index (Phi) is 9.98. The molecule has 0 radical (unpaired) electrons. The summed E-state index contributed by atoms with van der Waals surface area (Å²) in [6.45, 7) is 1.61. The number of nitrogens with one attached hydrogen (secondary N) is 2. The van der Waals surface area contributed by atoms with Crippen molar-refractivity contribution in [3.05, 3.63) is 23.9 Å². The van der Waals surface area contributed by atoms with Gasteiger partial charge in [0.15, 0.2) is 5.96 Å². The predicted molar refractivity (Wildman–Crippen MR) is 106 cm³/mol. The van der Waals surface area contributed by atoms with Crippen LogP contribution in [0.2, 0.25) is 0 Å². The molecule has 0 bridgehead atoms. The van der Waals surface area contributed by atoms with Crippen LogP contribution in [0.4, 0.5) is 0 Å². The average molecular weight is 432 g/mol. The molecule has 1 heterocycles. The van der Waals surface area contributed by atoms with Crippen molar-refractivity contribution >= 4 is 29.9 Å². The third-order valence-electron chi connectivity index (χ3n) is 4.21. The molecule has 0 atom stereocenters. The van der Waals surface area contributed by atoms with Crippen molar-refractivity contribution < 1.29 is 4.74 Å². The highest BCUT2D eigenvalue weighted by atomic mass is 127. The second-order valence-corrected chi connectivity index (χ2v) is 5.82. The zero-order chi connectivity index (χ0) is 15.6. The van der Waals surface area contributed by atoms with E-state index >= 15 is 0 Å². The van der Waals surface area contributed by atoms with Crippen molar-refractivity contribution in [1.29, 1.82) is 0 Å². The molecule has 130 valence electrons. The molecule has 1 aliphatic carbocycles. The fraction of sp³-hybridized carbons (Fsp3) is 0.647. The van der Waals surface area contributed by atoms with E-state index in [1.165, 1.54) is 38.5 Å². The minimum Gasteiger partial charge on any atom is -0.481 e. The van der Waals surface area contributed by atoms with E-state index in [1.54, 1.807) is 14.2 Å². The summed E-state index contributed by atoms with van der Waals surface area (Å²) in [5.74, 6) is 2.42. The Hall–Kier alpha value is -1.05. The Bertz CT molecular complexity index is 475. The lowest BCUT2D eigenvalue weighted by atomic mass is 10.0. The molecular formula is C17H29IN4O. The Balaban J connectivity index is 0.00000264. The SMILES string of the molecule is CN=C(NCCCC1CCCC1)NCc1cccc(OC)n1.I. The van der Waals surface area contributed by atoms with Gasteiger partial charge in [0, 0.05) is 19.7 Å². The highest BCUT2D eigenvalue weighted by Crippen LogP contribution is 2.28. The molecule has 1 aliphatic rings. The van der Waals surface area contributed by atoms with Gasteiger partial charge in [0.2, 0.25) is 5.88 Å². The molecule has 0 aliphatic heterocycles. The third-order valence-corrected chi connectivity index (χ3v) is 4.21. The fourth-order valence-electron chi connectivity index (χ4n) is 2.96. The van der Waals surface area contributed by atoms with Gasteiger partial charge in [-0.05, 0) is 24.8 Å². The second kappa shape index (κ2) is 11.5. The number of guanidine groups is 1. The van der Waals surface area contributed by atoms with E-state index in [4.69, 9.17) is 4.74 Å². The van der Waals surface area contributed by atoms with Gasteiger partial charge in [0.25, 0.3) is 0 Å². The van der Waals surface area contributed by atoms with Crippen LogP contribution in [0.1, 0.15) is 44.2 Å². The third kappa shape index (κ3) is 7.37. The molecule has 23 heavy (non-hydrogen) atoms. The number of hydrogen-bond acceptors (Lipinski definition) is 3.